The lowest BCUT2D eigenvalue weighted by Crippen LogP contribution is -2.41. The van der Waals surface area contributed by atoms with Crippen LogP contribution in [0.15, 0.2) is 53.6 Å². The summed E-state index contributed by atoms with van der Waals surface area (Å²) >= 11 is 5.97. The van der Waals surface area contributed by atoms with Gasteiger partial charge < -0.3 is 10.1 Å². The topological polar surface area (TPSA) is 114 Å². The number of hydrogen-bond donors (Lipinski definition) is 1. The van der Waals surface area contributed by atoms with Gasteiger partial charge in [0.1, 0.15) is 12.0 Å². The molecule has 0 saturated carbocycles. The van der Waals surface area contributed by atoms with E-state index in [0.29, 0.717) is 22.0 Å². The Balaban J connectivity index is 1.77. The SMILES string of the molecule is CCOC(=O)C1(C)CN(CC(=O)Nc2ccc([N+](=O)[O-])cc2)N=C1c1ccc(Cl)cc1. The molecule has 1 aliphatic rings. The fourth-order valence-corrected chi connectivity index (χ4v) is 3.41. The maximum absolute atomic E-state index is 12.7. The van der Waals surface area contributed by atoms with Gasteiger partial charge in [0, 0.05) is 22.8 Å². The number of carbonyl (C=O) groups is 2. The molecule has 3 rings (SSSR count). The highest BCUT2D eigenvalue weighted by molar-refractivity contribution is 6.30. The van der Waals surface area contributed by atoms with E-state index in [9.17, 15) is 19.7 Å². The number of benzene rings is 2. The molecule has 1 unspecified atom stereocenters. The van der Waals surface area contributed by atoms with Crippen LogP contribution in [0.4, 0.5) is 11.4 Å². The van der Waals surface area contributed by atoms with Gasteiger partial charge in [-0.25, -0.2) is 0 Å². The second-order valence-corrected chi connectivity index (χ2v) is 7.62. The Morgan fingerprint density at radius 3 is 2.45 bits per heavy atom. The highest BCUT2D eigenvalue weighted by Gasteiger charge is 2.47. The summed E-state index contributed by atoms with van der Waals surface area (Å²) in [7, 11) is 0. The van der Waals surface area contributed by atoms with Crippen molar-refractivity contribution in [3.05, 3.63) is 69.2 Å². The zero-order valence-electron chi connectivity index (χ0n) is 17.0. The van der Waals surface area contributed by atoms with E-state index in [4.69, 9.17) is 16.3 Å². The standard InChI is InChI=1S/C21H21ClN4O5/c1-3-31-20(28)21(2)13-25(24-19(21)14-4-6-15(22)7-5-14)12-18(27)23-16-8-10-17(11-9-16)26(29)30/h4-11H,3,12-13H2,1-2H3,(H,23,27). The predicted molar refractivity (Wildman–Crippen MR) is 116 cm³/mol. The Kier molecular flexibility index (Phi) is 6.55. The lowest BCUT2D eigenvalue weighted by Gasteiger charge is -2.24. The molecule has 10 heteroatoms. The van der Waals surface area contributed by atoms with Crippen LogP contribution in [0.25, 0.3) is 0 Å². The molecule has 0 bridgehead atoms. The fraction of sp³-hybridized carbons (Fsp3) is 0.286. The van der Waals surface area contributed by atoms with Crippen molar-refractivity contribution < 1.29 is 19.2 Å². The number of esters is 1. The van der Waals surface area contributed by atoms with E-state index >= 15 is 0 Å². The number of nitrogens with zero attached hydrogens (tertiary/aromatic N) is 3. The van der Waals surface area contributed by atoms with Crippen molar-refractivity contribution in [3.63, 3.8) is 0 Å². The minimum atomic E-state index is -1.06. The van der Waals surface area contributed by atoms with Crippen LogP contribution < -0.4 is 5.32 Å². The number of rotatable bonds is 7. The first-order chi connectivity index (χ1) is 14.7. The number of non-ortho nitro benzene ring substituents is 1. The number of amides is 1. The summed E-state index contributed by atoms with van der Waals surface area (Å²) in [6.45, 7) is 3.74. The summed E-state index contributed by atoms with van der Waals surface area (Å²) in [5.74, 6) is -0.803. The van der Waals surface area contributed by atoms with Crippen molar-refractivity contribution in [2.75, 3.05) is 25.0 Å². The second-order valence-electron chi connectivity index (χ2n) is 7.18. The highest BCUT2D eigenvalue weighted by atomic mass is 35.5. The number of nitro benzene ring substituents is 1. The molecule has 1 N–H and O–H groups in total. The summed E-state index contributed by atoms with van der Waals surface area (Å²) in [6, 6.07) is 12.4. The van der Waals surface area contributed by atoms with E-state index in [1.807, 2.05) is 0 Å². The van der Waals surface area contributed by atoms with E-state index in [2.05, 4.69) is 10.4 Å². The van der Waals surface area contributed by atoms with Crippen molar-refractivity contribution in [2.45, 2.75) is 13.8 Å². The number of ether oxygens (including phenoxy) is 1. The molecule has 31 heavy (non-hydrogen) atoms. The summed E-state index contributed by atoms with van der Waals surface area (Å²) in [5.41, 5.74) is 0.492. The van der Waals surface area contributed by atoms with Gasteiger partial charge in [-0.2, -0.15) is 5.10 Å². The smallest absolute Gasteiger partial charge is 0.319 e. The molecule has 9 nitrogen and oxygen atoms in total. The van der Waals surface area contributed by atoms with Crippen LogP contribution in [-0.4, -0.2) is 47.2 Å². The minimum Gasteiger partial charge on any atom is -0.465 e. The predicted octanol–water partition coefficient (Wildman–Crippen LogP) is 3.48. The zero-order chi connectivity index (χ0) is 22.6. The largest absolute Gasteiger partial charge is 0.465 e. The van der Waals surface area contributed by atoms with Crippen LogP contribution in [0.3, 0.4) is 0 Å². The lowest BCUT2D eigenvalue weighted by atomic mass is 9.82. The average molecular weight is 445 g/mol. The molecule has 1 atom stereocenters. The normalized spacial score (nSPS) is 17.8. The molecule has 162 valence electrons. The lowest BCUT2D eigenvalue weighted by molar-refractivity contribution is -0.384. The third kappa shape index (κ3) is 5.00. The van der Waals surface area contributed by atoms with Crippen molar-refractivity contribution in [1.29, 1.82) is 0 Å². The van der Waals surface area contributed by atoms with Gasteiger partial charge in [-0.1, -0.05) is 23.7 Å². The number of nitrogens with one attached hydrogen (secondary N) is 1. The second kappa shape index (κ2) is 9.13. The first-order valence-electron chi connectivity index (χ1n) is 9.54. The first kappa shape index (κ1) is 22.2. The van der Waals surface area contributed by atoms with Gasteiger partial charge in [0.2, 0.25) is 5.91 Å². The van der Waals surface area contributed by atoms with Gasteiger partial charge in [-0.3, -0.25) is 24.7 Å². The number of anilines is 1. The molecular weight excluding hydrogens is 424 g/mol. The Bertz CT molecular complexity index is 1020. The zero-order valence-corrected chi connectivity index (χ0v) is 17.8. The van der Waals surface area contributed by atoms with Gasteiger partial charge in [0.25, 0.3) is 5.69 Å². The maximum atomic E-state index is 12.7. The van der Waals surface area contributed by atoms with E-state index < -0.39 is 16.3 Å². The maximum Gasteiger partial charge on any atom is 0.319 e. The van der Waals surface area contributed by atoms with Gasteiger partial charge in [-0.15, -0.1) is 0 Å². The molecule has 2 aromatic carbocycles. The minimum absolute atomic E-state index is 0.0695. The monoisotopic (exact) mass is 444 g/mol. The van der Waals surface area contributed by atoms with E-state index in [1.54, 1.807) is 38.1 Å². The Morgan fingerprint density at radius 2 is 1.87 bits per heavy atom. The quantitative estimate of drug-likeness (QED) is 0.397. The first-order valence-corrected chi connectivity index (χ1v) is 9.92. The molecule has 2 aromatic rings. The number of hydrazone groups is 1. The molecule has 0 radical (unpaired) electrons. The van der Waals surface area contributed by atoms with Crippen LogP contribution in [0, 0.1) is 15.5 Å². The van der Waals surface area contributed by atoms with Gasteiger partial charge in [0.05, 0.1) is 23.8 Å². The molecule has 0 aliphatic carbocycles. The Morgan fingerprint density at radius 1 is 1.23 bits per heavy atom. The summed E-state index contributed by atoms with van der Waals surface area (Å²) in [6.07, 6.45) is 0. The third-order valence-corrected chi connectivity index (χ3v) is 5.05. The number of carbonyl (C=O) groups excluding carboxylic acids is 2. The molecule has 0 fully saturated rings. The third-order valence-electron chi connectivity index (χ3n) is 4.79. The Labute approximate surface area is 183 Å². The molecule has 1 aliphatic heterocycles. The molecule has 1 heterocycles. The Hall–Kier alpha value is -3.46. The van der Waals surface area contributed by atoms with Crippen molar-refractivity contribution >= 4 is 40.6 Å². The fourth-order valence-electron chi connectivity index (χ4n) is 3.29. The van der Waals surface area contributed by atoms with Crippen molar-refractivity contribution in [3.8, 4) is 0 Å². The summed E-state index contributed by atoms with van der Waals surface area (Å²) in [5, 5.41) is 20.0. The highest BCUT2D eigenvalue weighted by Crippen LogP contribution is 2.33. The van der Waals surface area contributed by atoms with Crippen molar-refractivity contribution in [1.82, 2.24) is 5.01 Å². The van der Waals surface area contributed by atoms with Gasteiger partial charge in [-0.05, 0) is 43.7 Å². The molecule has 0 aromatic heterocycles. The molecule has 0 saturated heterocycles. The van der Waals surface area contributed by atoms with Crippen LogP contribution in [0.1, 0.15) is 19.4 Å². The van der Waals surface area contributed by atoms with Gasteiger partial charge in [0.15, 0.2) is 0 Å². The summed E-state index contributed by atoms with van der Waals surface area (Å²) < 4.78 is 5.26. The number of halogens is 1. The van der Waals surface area contributed by atoms with Crippen LogP contribution >= 0.6 is 11.6 Å². The van der Waals surface area contributed by atoms with Crippen LogP contribution in [0.2, 0.25) is 5.02 Å². The van der Waals surface area contributed by atoms with Crippen molar-refractivity contribution in [2.24, 2.45) is 10.5 Å². The molecule has 1 amide bonds. The van der Waals surface area contributed by atoms with E-state index in [1.165, 1.54) is 29.3 Å². The molecular formula is C21H21ClN4O5. The van der Waals surface area contributed by atoms with E-state index in [0.717, 1.165) is 0 Å². The van der Waals surface area contributed by atoms with Crippen LogP contribution in [0.5, 0.6) is 0 Å². The van der Waals surface area contributed by atoms with E-state index in [-0.39, 0.29) is 31.3 Å². The van der Waals surface area contributed by atoms with Crippen LogP contribution in [-0.2, 0) is 14.3 Å². The van der Waals surface area contributed by atoms with Gasteiger partial charge >= 0.3 is 5.97 Å². The average Bonchev–Trinajstić information content (AvgIpc) is 3.06. The summed E-state index contributed by atoms with van der Waals surface area (Å²) in [4.78, 5) is 35.4. The molecule has 0 spiro atoms. The number of hydrogen-bond acceptors (Lipinski definition) is 7. The number of nitro groups is 1.